The standard InChI is InChI=1S/C27H30N8O4S/c1-4-29-25(38)34-26-32-19-12-15(11-17(22(19)40-26)21-18(28)5-6-20(33-21)39-3)16-13-30-24(31-14-16)35-9-7-27(2,8-10-35)23(36)37/h5-6,11-14H,4,7-10,28H2,1-3H3,(H,36,37)(H2,29,32,34,38). The first-order chi connectivity index (χ1) is 19.2. The van der Waals surface area contributed by atoms with Crippen LogP contribution in [0.15, 0.2) is 36.7 Å². The van der Waals surface area contributed by atoms with E-state index in [9.17, 15) is 14.7 Å². The Bertz CT molecular complexity index is 1570. The van der Waals surface area contributed by atoms with Crippen molar-refractivity contribution in [2.24, 2.45) is 5.41 Å². The van der Waals surface area contributed by atoms with Crippen LogP contribution in [0.3, 0.4) is 0 Å². The maximum atomic E-state index is 12.1. The molecular formula is C27H30N8O4S. The number of piperidine rings is 1. The summed E-state index contributed by atoms with van der Waals surface area (Å²) >= 11 is 1.32. The van der Waals surface area contributed by atoms with Crippen molar-refractivity contribution in [3.05, 3.63) is 36.7 Å². The maximum Gasteiger partial charge on any atom is 0.321 e. The van der Waals surface area contributed by atoms with Gasteiger partial charge in [-0.1, -0.05) is 11.3 Å². The molecule has 0 radical (unpaired) electrons. The van der Waals surface area contributed by atoms with Gasteiger partial charge in [0.1, 0.15) is 0 Å². The summed E-state index contributed by atoms with van der Waals surface area (Å²) in [5.74, 6) is 0.201. The number of carbonyl (C=O) groups is 2. The number of carbonyl (C=O) groups excluding carboxylic acids is 1. The first-order valence-corrected chi connectivity index (χ1v) is 13.6. The molecule has 0 unspecified atom stereocenters. The SMILES string of the molecule is CCNC(=O)Nc1nc2cc(-c3cnc(N4CCC(C)(C(=O)O)CC4)nc3)cc(-c3nc(OC)ccc3N)c2s1. The number of anilines is 3. The fourth-order valence-electron chi connectivity index (χ4n) is 4.56. The number of aromatic nitrogens is 4. The molecule has 0 spiro atoms. The number of nitrogen functional groups attached to an aromatic ring is 1. The number of hydrogen-bond donors (Lipinski definition) is 4. The molecule has 1 aliphatic rings. The van der Waals surface area contributed by atoms with E-state index < -0.39 is 11.4 Å². The fourth-order valence-corrected chi connectivity index (χ4v) is 5.52. The Labute approximate surface area is 234 Å². The molecule has 2 amide bonds. The van der Waals surface area contributed by atoms with Crippen LogP contribution in [-0.2, 0) is 4.79 Å². The summed E-state index contributed by atoms with van der Waals surface area (Å²) in [5.41, 5.74) is 9.56. The number of nitrogens with two attached hydrogens (primary N) is 1. The molecule has 0 aliphatic carbocycles. The zero-order chi connectivity index (χ0) is 28.4. The molecule has 1 aromatic carbocycles. The molecule has 13 heteroatoms. The van der Waals surface area contributed by atoms with Gasteiger partial charge in [-0.2, -0.15) is 0 Å². The first-order valence-electron chi connectivity index (χ1n) is 12.8. The number of aliphatic carboxylic acids is 1. The number of carboxylic acids is 1. The van der Waals surface area contributed by atoms with Gasteiger partial charge in [0.05, 0.1) is 34.1 Å². The second-order valence-corrected chi connectivity index (χ2v) is 10.8. The third-order valence-electron chi connectivity index (χ3n) is 7.05. The van der Waals surface area contributed by atoms with Crippen LogP contribution in [0.5, 0.6) is 5.88 Å². The minimum Gasteiger partial charge on any atom is -0.481 e. The summed E-state index contributed by atoms with van der Waals surface area (Å²) < 4.78 is 6.14. The van der Waals surface area contributed by atoms with Gasteiger partial charge < -0.3 is 25.8 Å². The van der Waals surface area contributed by atoms with Gasteiger partial charge in [-0.05, 0) is 50.5 Å². The lowest BCUT2D eigenvalue weighted by Gasteiger charge is -2.36. The number of benzene rings is 1. The number of fused-ring (bicyclic) bond motifs is 1. The topological polar surface area (TPSA) is 168 Å². The van der Waals surface area contributed by atoms with E-state index >= 15 is 0 Å². The van der Waals surface area contributed by atoms with Crippen molar-refractivity contribution in [3.63, 3.8) is 0 Å². The molecule has 1 aliphatic heterocycles. The van der Waals surface area contributed by atoms with Crippen LogP contribution in [0.4, 0.5) is 21.6 Å². The summed E-state index contributed by atoms with van der Waals surface area (Å²) in [6.07, 6.45) is 4.53. The van der Waals surface area contributed by atoms with E-state index in [0.717, 1.165) is 21.4 Å². The van der Waals surface area contributed by atoms with Gasteiger partial charge in [-0.25, -0.2) is 24.7 Å². The number of amides is 2. The third-order valence-corrected chi connectivity index (χ3v) is 8.07. The molecule has 1 fully saturated rings. The van der Waals surface area contributed by atoms with Crippen molar-refractivity contribution in [1.82, 2.24) is 25.3 Å². The Morgan fingerprint density at radius 1 is 1.15 bits per heavy atom. The summed E-state index contributed by atoms with van der Waals surface area (Å²) in [6.45, 7) is 5.25. The Hall–Kier alpha value is -4.52. The largest absolute Gasteiger partial charge is 0.481 e. The van der Waals surface area contributed by atoms with Gasteiger partial charge in [0.25, 0.3) is 0 Å². The van der Waals surface area contributed by atoms with Crippen LogP contribution in [-0.4, -0.2) is 63.8 Å². The molecule has 1 saturated heterocycles. The van der Waals surface area contributed by atoms with Crippen LogP contribution in [0, 0.1) is 5.41 Å². The molecule has 0 atom stereocenters. The molecule has 12 nitrogen and oxygen atoms in total. The molecule has 0 bridgehead atoms. The van der Waals surface area contributed by atoms with E-state index in [1.165, 1.54) is 11.3 Å². The minimum atomic E-state index is -0.771. The second-order valence-electron chi connectivity index (χ2n) is 9.79. The van der Waals surface area contributed by atoms with Crippen LogP contribution >= 0.6 is 11.3 Å². The number of rotatable bonds is 7. The molecule has 5 rings (SSSR count). The molecule has 4 aromatic rings. The average Bonchev–Trinajstić information content (AvgIpc) is 3.35. The second kappa shape index (κ2) is 10.9. The van der Waals surface area contributed by atoms with Crippen molar-refractivity contribution in [1.29, 1.82) is 0 Å². The number of pyridine rings is 1. The number of hydrogen-bond acceptors (Lipinski definition) is 10. The molecule has 0 saturated carbocycles. The number of methoxy groups -OCH3 is 1. The van der Waals surface area contributed by atoms with Crippen molar-refractivity contribution in [3.8, 4) is 28.3 Å². The highest BCUT2D eigenvalue weighted by molar-refractivity contribution is 7.22. The highest BCUT2D eigenvalue weighted by Crippen LogP contribution is 2.40. The summed E-state index contributed by atoms with van der Waals surface area (Å²) in [4.78, 5) is 44.2. The zero-order valence-electron chi connectivity index (χ0n) is 22.4. The van der Waals surface area contributed by atoms with Crippen LogP contribution in [0.2, 0.25) is 0 Å². The summed E-state index contributed by atoms with van der Waals surface area (Å²) in [5, 5.41) is 15.4. The van der Waals surface area contributed by atoms with Crippen LogP contribution < -0.4 is 26.0 Å². The Kier molecular flexibility index (Phi) is 7.39. The molecule has 3 aromatic heterocycles. The quantitative estimate of drug-likeness (QED) is 0.256. The van der Waals surface area contributed by atoms with Gasteiger partial charge in [0.2, 0.25) is 11.8 Å². The van der Waals surface area contributed by atoms with E-state index in [1.807, 2.05) is 24.0 Å². The molecule has 40 heavy (non-hydrogen) atoms. The highest BCUT2D eigenvalue weighted by Gasteiger charge is 2.37. The van der Waals surface area contributed by atoms with E-state index in [4.69, 9.17) is 10.5 Å². The minimum absolute atomic E-state index is 0.340. The molecule has 208 valence electrons. The number of thiazole rings is 1. The molecule has 5 N–H and O–H groups in total. The van der Waals surface area contributed by atoms with Gasteiger partial charge in [0.15, 0.2) is 5.13 Å². The summed E-state index contributed by atoms with van der Waals surface area (Å²) in [6, 6.07) is 6.95. The Balaban J connectivity index is 1.52. The lowest BCUT2D eigenvalue weighted by molar-refractivity contribution is -0.149. The number of ether oxygens (including phenoxy) is 1. The normalized spacial score (nSPS) is 14.6. The fraction of sp³-hybridized carbons (Fsp3) is 0.333. The molecular weight excluding hydrogens is 532 g/mol. The van der Waals surface area contributed by atoms with Crippen molar-refractivity contribution in [2.45, 2.75) is 26.7 Å². The van der Waals surface area contributed by atoms with Crippen LogP contribution in [0.25, 0.3) is 32.6 Å². The Morgan fingerprint density at radius 3 is 2.52 bits per heavy atom. The number of nitrogens with zero attached hydrogens (tertiary/aromatic N) is 5. The smallest absolute Gasteiger partial charge is 0.321 e. The van der Waals surface area contributed by atoms with E-state index in [2.05, 4.69) is 30.6 Å². The number of carboxylic acid groups (broad SMARTS) is 1. The van der Waals surface area contributed by atoms with Crippen molar-refractivity contribution in [2.75, 3.05) is 42.7 Å². The highest BCUT2D eigenvalue weighted by atomic mass is 32.1. The van der Waals surface area contributed by atoms with Gasteiger partial charge in [0, 0.05) is 49.2 Å². The van der Waals surface area contributed by atoms with Gasteiger partial charge in [-0.15, -0.1) is 0 Å². The van der Waals surface area contributed by atoms with E-state index in [1.54, 1.807) is 38.6 Å². The van der Waals surface area contributed by atoms with E-state index in [0.29, 0.717) is 66.3 Å². The number of urea groups is 1. The van der Waals surface area contributed by atoms with Crippen molar-refractivity contribution >= 4 is 50.3 Å². The zero-order valence-corrected chi connectivity index (χ0v) is 23.2. The lowest BCUT2D eigenvalue weighted by Crippen LogP contribution is -2.43. The van der Waals surface area contributed by atoms with Gasteiger partial charge >= 0.3 is 12.0 Å². The predicted molar refractivity (Wildman–Crippen MR) is 155 cm³/mol. The maximum absolute atomic E-state index is 12.1. The molecule has 4 heterocycles. The average molecular weight is 563 g/mol. The lowest BCUT2D eigenvalue weighted by atomic mass is 9.80. The number of nitrogens with one attached hydrogen (secondary N) is 2. The monoisotopic (exact) mass is 562 g/mol. The van der Waals surface area contributed by atoms with Crippen molar-refractivity contribution < 1.29 is 19.4 Å². The van der Waals surface area contributed by atoms with Crippen LogP contribution in [0.1, 0.15) is 26.7 Å². The third kappa shape index (κ3) is 5.32. The van der Waals surface area contributed by atoms with E-state index in [-0.39, 0.29) is 6.03 Å². The predicted octanol–water partition coefficient (Wildman–Crippen LogP) is 4.24. The Morgan fingerprint density at radius 2 is 1.88 bits per heavy atom. The van der Waals surface area contributed by atoms with Gasteiger partial charge in [-0.3, -0.25) is 10.1 Å². The first kappa shape index (κ1) is 27.1. The summed E-state index contributed by atoms with van der Waals surface area (Å²) in [7, 11) is 1.54.